The van der Waals surface area contributed by atoms with Crippen molar-refractivity contribution in [3.8, 4) is 0 Å². The normalized spacial score (nSPS) is 27.1. The van der Waals surface area contributed by atoms with Crippen molar-refractivity contribution in [2.45, 2.75) is 25.7 Å². The molecule has 1 aromatic carbocycles. The zero-order valence-corrected chi connectivity index (χ0v) is 12.9. The molecule has 0 bridgehead atoms. The molecule has 6 heteroatoms. The summed E-state index contributed by atoms with van der Waals surface area (Å²) in [4.78, 5) is 2.16. The van der Waals surface area contributed by atoms with Crippen LogP contribution in [0.4, 0.5) is 5.69 Å². The molecule has 20 heavy (non-hydrogen) atoms. The predicted molar refractivity (Wildman–Crippen MR) is 79.1 cm³/mol. The second kappa shape index (κ2) is 5.02. The molecule has 1 aromatic rings. The molecule has 2 unspecified atom stereocenters. The molecule has 0 amide bonds. The van der Waals surface area contributed by atoms with Crippen LogP contribution in [0.2, 0.25) is 0 Å². The van der Waals surface area contributed by atoms with Gasteiger partial charge in [0.25, 0.3) is 0 Å². The Morgan fingerprint density at radius 2 is 2.15 bits per heavy atom. The summed E-state index contributed by atoms with van der Waals surface area (Å²) in [6.07, 6.45) is 0. The highest BCUT2D eigenvalue weighted by Gasteiger charge is 2.40. The van der Waals surface area contributed by atoms with Crippen molar-refractivity contribution in [2.24, 2.45) is 16.5 Å². The highest BCUT2D eigenvalue weighted by molar-refractivity contribution is 7.89. The van der Waals surface area contributed by atoms with Crippen molar-refractivity contribution in [1.29, 1.82) is 0 Å². The van der Waals surface area contributed by atoms with Gasteiger partial charge in [0.1, 0.15) is 4.90 Å². The van der Waals surface area contributed by atoms with E-state index in [0.29, 0.717) is 18.8 Å². The van der Waals surface area contributed by atoms with Crippen molar-refractivity contribution in [3.63, 3.8) is 0 Å². The first kappa shape index (κ1) is 15.3. The molecule has 5 nitrogen and oxygen atoms in total. The fraction of sp³-hybridized carbons (Fsp3) is 0.571. The second-order valence-corrected chi connectivity index (χ2v) is 7.64. The average molecular weight is 298 g/mol. The number of aliphatic hydroxyl groups is 1. The van der Waals surface area contributed by atoms with Gasteiger partial charge < -0.3 is 10.0 Å². The number of hydrogen-bond donors (Lipinski definition) is 2. The molecule has 1 heterocycles. The van der Waals surface area contributed by atoms with Crippen LogP contribution in [0.1, 0.15) is 19.4 Å². The number of aryl methyl sites for hydroxylation is 1. The topological polar surface area (TPSA) is 83.6 Å². The number of nitrogens with zero attached hydrogens (tertiary/aromatic N) is 1. The molecule has 0 aromatic heterocycles. The Balaban J connectivity index is 2.47. The molecule has 2 rings (SSSR count). The Labute approximate surface area is 120 Å². The minimum atomic E-state index is -3.75. The van der Waals surface area contributed by atoms with E-state index in [0.717, 1.165) is 5.56 Å². The zero-order valence-electron chi connectivity index (χ0n) is 12.1. The van der Waals surface area contributed by atoms with Gasteiger partial charge in [0.2, 0.25) is 10.0 Å². The minimum absolute atomic E-state index is 0.0845. The Hall–Kier alpha value is -1.11. The molecule has 2 atom stereocenters. The summed E-state index contributed by atoms with van der Waals surface area (Å²) in [5.41, 5.74) is 1.40. The van der Waals surface area contributed by atoms with Gasteiger partial charge in [-0.2, -0.15) is 0 Å². The molecule has 0 spiro atoms. The fourth-order valence-electron chi connectivity index (χ4n) is 2.71. The van der Waals surface area contributed by atoms with Gasteiger partial charge in [0, 0.05) is 18.5 Å². The largest absolute Gasteiger partial charge is 0.396 e. The third-order valence-corrected chi connectivity index (χ3v) is 5.32. The number of benzene rings is 1. The first-order chi connectivity index (χ1) is 9.17. The number of nitrogens with two attached hydrogens (primary N) is 1. The maximum atomic E-state index is 11.7. The van der Waals surface area contributed by atoms with Crippen molar-refractivity contribution in [2.75, 3.05) is 24.6 Å². The predicted octanol–water partition coefficient (Wildman–Crippen LogP) is 1.10. The highest BCUT2D eigenvalue weighted by atomic mass is 32.2. The van der Waals surface area contributed by atoms with E-state index in [1.807, 2.05) is 24.8 Å². The van der Waals surface area contributed by atoms with Gasteiger partial charge in [-0.25, -0.2) is 13.6 Å². The van der Waals surface area contributed by atoms with E-state index in [1.54, 1.807) is 12.1 Å². The van der Waals surface area contributed by atoms with Crippen LogP contribution in [0, 0.1) is 18.3 Å². The molecule has 1 aliphatic rings. The summed E-state index contributed by atoms with van der Waals surface area (Å²) >= 11 is 0. The molecule has 0 saturated carbocycles. The Kier molecular flexibility index (Phi) is 3.83. The minimum Gasteiger partial charge on any atom is -0.396 e. The average Bonchev–Trinajstić information content (AvgIpc) is 2.65. The maximum Gasteiger partial charge on any atom is 0.240 e. The third-order valence-electron chi connectivity index (χ3n) is 4.36. The molecule has 1 saturated heterocycles. The molecule has 112 valence electrons. The lowest BCUT2D eigenvalue weighted by molar-refractivity contribution is 0.125. The summed E-state index contributed by atoms with van der Waals surface area (Å²) in [7, 11) is -3.75. The number of anilines is 1. The summed E-state index contributed by atoms with van der Waals surface area (Å²) in [6, 6.07) is 5.14. The van der Waals surface area contributed by atoms with Crippen LogP contribution >= 0.6 is 0 Å². The SMILES string of the molecule is Cc1ccc(S(N)(=O)=O)c(N2CC(C)C(C)(CO)C2)c1. The van der Waals surface area contributed by atoms with E-state index >= 15 is 0 Å². The monoisotopic (exact) mass is 298 g/mol. The molecule has 1 aliphatic heterocycles. The third kappa shape index (κ3) is 2.68. The molecule has 0 aliphatic carbocycles. The molecule has 1 fully saturated rings. The van der Waals surface area contributed by atoms with Crippen LogP contribution < -0.4 is 10.0 Å². The number of primary sulfonamides is 1. The van der Waals surface area contributed by atoms with Crippen LogP contribution in [0.3, 0.4) is 0 Å². The number of hydrogen-bond acceptors (Lipinski definition) is 4. The van der Waals surface area contributed by atoms with Gasteiger partial charge in [-0.1, -0.05) is 19.9 Å². The molecule has 3 N–H and O–H groups in total. The quantitative estimate of drug-likeness (QED) is 0.875. The Morgan fingerprint density at radius 1 is 1.50 bits per heavy atom. The van der Waals surface area contributed by atoms with Crippen LogP contribution in [-0.4, -0.2) is 33.2 Å². The van der Waals surface area contributed by atoms with Crippen LogP contribution in [-0.2, 0) is 10.0 Å². The van der Waals surface area contributed by atoms with E-state index in [4.69, 9.17) is 5.14 Å². The van der Waals surface area contributed by atoms with E-state index in [9.17, 15) is 13.5 Å². The Morgan fingerprint density at radius 3 is 2.65 bits per heavy atom. The summed E-state index contributed by atoms with van der Waals surface area (Å²) in [5, 5.41) is 14.9. The smallest absolute Gasteiger partial charge is 0.240 e. The van der Waals surface area contributed by atoms with Crippen LogP contribution in [0.25, 0.3) is 0 Å². The van der Waals surface area contributed by atoms with Crippen molar-refractivity contribution in [3.05, 3.63) is 23.8 Å². The number of aliphatic hydroxyl groups excluding tert-OH is 1. The van der Waals surface area contributed by atoms with Crippen molar-refractivity contribution in [1.82, 2.24) is 0 Å². The van der Waals surface area contributed by atoms with Gasteiger partial charge >= 0.3 is 0 Å². The van der Waals surface area contributed by atoms with Gasteiger partial charge in [0.15, 0.2) is 0 Å². The number of sulfonamides is 1. The lowest BCUT2D eigenvalue weighted by atomic mass is 9.82. The van der Waals surface area contributed by atoms with E-state index in [2.05, 4.69) is 6.92 Å². The van der Waals surface area contributed by atoms with Crippen LogP contribution in [0.5, 0.6) is 0 Å². The summed E-state index contributed by atoms with van der Waals surface area (Å²) < 4.78 is 23.5. The van der Waals surface area contributed by atoms with E-state index in [1.165, 1.54) is 0 Å². The highest BCUT2D eigenvalue weighted by Crippen LogP contribution is 2.39. The maximum absolute atomic E-state index is 11.7. The summed E-state index contributed by atoms with van der Waals surface area (Å²) in [6.45, 7) is 7.43. The van der Waals surface area contributed by atoms with Crippen LogP contribution in [0.15, 0.2) is 23.1 Å². The molecule has 0 radical (unpaired) electrons. The summed E-state index contributed by atoms with van der Waals surface area (Å²) in [5.74, 6) is 0.279. The van der Waals surface area contributed by atoms with Gasteiger partial charge in [0.05, 0.1) is 12.3 Å². The Bertz CT molecular complexity index is 615. The fourth-order valence-corrected chi connectivity index (χ4v) is 3.45. The lowest BCUT2D eigenvalue weighted by Gasteiger charge is -2.26. The lowest BCUT2D eigenvalue weighted by Crippen LogP contribution is -2.30. The van der Waals surface area contributed by atoms with Gasteiger partial charge in [-0.15, -0.1) is 0 Å². The van der Waals surface area contributed by atoms with Crippen molar-refractivity contribution >= 4 is 15.7 Å². The van der Waals surface area contributed by atoms with Gasteiger partial charge in [-0.3, -0.25) is 0 Å². The zero-order chi connectivity index (χ0) is 15.1. The first-order valence-electron chi connectivity index (χ1n) is 6.66. The van der Waals surface area contributed by atoms with Crippen molar-refractivity contribution < 1.29 is 13.5 Å². The van der Waals surface area contributed by atoms with E-state index < -0.39 is 10.0 Å². The second-order valence-electron chi connectivity index (χ2n) is 6.11. The molecular weight excluding hydrogens is 276 g/mol. The number of rotatable bonds is 3. The van der Waals surface area contributed by atoms with Gasteiger partial charge in [-0.05, 0) is 30.5 Å². The standard InChI is InChI=1S/C14H22N2O3S/c1-10-4-5-13(20(15,18)19)12(6-10)16-7-11(2)14(3,8-16)9-17/h4-6,11,17H,7-9H2,1-3H3,(H2,15,18,19). The van der Waals surface area contributed by atoms with E-state index in [-0.39, 0.29) is 22.8 Å². The molecular formula is C14H22N2O3S. The first-order valence-corrected chi connectivity index (χ1v) is 8.21.